The summed E-state index contributed by atoms with van der Waals surface area (Å²) in [5, 5.41) is 0. The van der Waals surface area contributed by atoms with Gasteiger partial charge in [-0.1, -0.05) is 18.2 Å². The van der Waals surface area contributed by atoms with Gasteiger partial charge in [0.2, 0.25) is 5.78 Å². The highest BCUT2D eigenvalue weighted by molar-refractivity contribution is 6.00. The van der Waals surface area contributed by atoms with E-state index < -0.39 is 11.8 Å². The highest BCUT2D eigenvalue weighted by Gasteiger charge is 2.19. The monoisotopic (exact) mass is 373 g/mol. The lowest BCUT2D eigenvalue weighted by Gasteiger charge is -2.17. The topological polar surface area (TPSA) is 57.5 Å². The van der Waals surface area contributed by atoms with E-state index in [-0.39, 0.29) is 24.0 Å². The van der Waals surface area contributed by atoms with Crippen molar-refractivity contribution >= 4 is 17.8 Å². The Morgan fingerprint density at radius 1 is 1.26 bits per heavy atom. The lowest BCUT2D eigenvalue weighted by Crippen LogP contribution is -2.16. The third-order valence-corrected chi connectivity index (χ3v) is 4.28. The standard InChI is InChI=1S/C21H24FNO4/c1-14-11-18(16(3)23(14)15(2)12-26-4)20(24)13-27-21(25)10-9-17-7-5-6-8-19(17)22/h5-11,15H,12-13H2,1-4H3/b10-9+/t15-/m1/s1. The number of ether oxygens (including phenoxy) is 2. The van der Waals surface area contributed by atoms with Crippen molar-refractivity contribution in [1.82, 2.24) is 4.57 Å². The van der Waals surface area contributed by atoms with Crippen LogP contribution in [0.15, 0.2) is 36.4 Å². The van der Waals surface area contributed by atoms with Crippen molar-refractivity contribution in [2.24, 2.45) is 0 Å². The smallest absolute Gasteiger partial charge is 0.331 e. The minimum atomic E-state index is -0.701. The Morgan fingerprint density at radius 2 is 1.96 bits per heavy atom. The number of hydrogen-bond acceptors (Lipinski definition) is 4. The first-order valence-electron chi connectivity index (χ1n) is 8.65. The summed E-state index contributed by atoms with van der Waals surface area (Å²) in [5.41, 5.74) is 2.53. The van der Waals surface area contributed by atoms with Crippen molar-refractivity contribution in [2.45, 2.75) is 26.8 Å². The van der Waals surface area contributed by atoms with E-state index in [9.17, 15) is 14.0 Å². The molecule has 2 rings (SSSR count). The molecular weight excluding hydrogens is 349 g/mol. The molecule has 5 nitrogen and oxygen atoms in total. The predicted octanol–water partition coefficient (Wildman–Crippen LogP) is 3.89. The Labute approximate surface area is 158 Å². The van der Waals surface area contributed by atoms with Gasteiger partial charge >= 0.3 is 5.97 Å². The number of halogens is 1. The van der Waals surface area contributed by atoms with Gasteiger partial charge in [-0.3, -0.25) is 4.79 Å². The number of aromatic nitrogens is 1. The van der Waals surface area contributed by atoms with Crippen molar-refractivity contribution in [1.29, 1.82) is 0 Å². The molecule has 0 unspecified atom stereocenters. The highest BCUT2D eigenvalue weighted by atomic mass is 19.1. The van der Waals surface area contributed by atoms with Crippen LogP contribution >= 0.6 is 0 Å². The van der Waals surface area contributed by atoms with E-state index in [1.165, 1.54) is 12.1 Å². The maximum atomic E-state index is 13.5. The van der Waals surface area contributed by atoms with Gasteiger partial charge in [0, 0.05) is 35.7 Å². The van der Waals surface area contributed by atoms with Gasteiger partial charge in [0.05, 0.1) is 12.6 Å². The number of rotatable bonds is 8. The fourth-order valence-corrected chi connectivity index (χ4v) is 3.08. The molecule has 1 aromatic carbocycles. The summed E-state index contributed by atoms with van der Waals surface area (Å²) in [4.78, 5) is 24.2. The number of Topliss-reactive ketones (excluding diaryl/α,β-unsaturated/α-hetero) is 1. The molecule has 0 radical (unpaired) electrons. The van der Waals surface area contributed by atoms with E-state index in [2.05, 4.69) is 0 Å². The van der Waals surface area contributed by atoms with Crippen LogP contribution in [0.2, 0.25) is 0 Å². The summed E-state index contributed by atoms with van der Waals surface area (Å²) in [6.45, 7) is 5.93. The van der Waals surface area contributed by atoms with Gasteiger partial charge < -0.3 is 14.0 Å². The highest BCUT2D eigenvalue weighted by Crippen LogP contribution is 2.21. The minimum Gasteiger partial charge on any atom is -0.454 e. The number of methoxy groups -OCH3 is 1. The Hall–Kier alpha value is -2.73. The molecule has 27 heavy (non-hydrogen) atoms. The molecule has 1 atom stereocenters. The van der Waals surface area contributed by atoms with Crippen LogP contribution in [0, 0.1) is 19.7 Å². The summed E-state index contributed by atoms with van der Waals surface area (Å²) in [6.07, 6.45) is 2.43. The normalized spacial score (nSPS) is 12.3. The van der Waals surface area contributed by atoms with Crippen molar-refractivity contribution in [3.8, 4) is 0 Å². The second-order valence-electron chi connectivity index (χ2n) is 6.34. The maximum Gasteiger partial charge on any atom is 0.331 e. The third kappa shape index (κ3) is 5.14. The number of aryl methyl sites for hydroxylation is 1. The zero-order chi connectivity index (χ0) is 20.0. The SMILES string of the molecule is COC[C@@H](C)n1c(C)cc(C(=O)COC(=O)/C=C/c2ccccc2F)c1C. The van der Waals surface area contributed by atoms with E-state index in [4.69, 9.17) is 9.47 Å². The molecule has 0 N–H and O–H groups in total. The molecule has 144 valence electrons. The first-order chi connectivity index (χ1) is 12.8. The van der Waals surface area contributed by atoms with Crippen LogP contribution in [0.25, 0.3) is 6.08 Å². The molecule has 0 aliphatic heterocycles. The first kappa shape index (κ1) is 20.6. The summed E-state index contributed by atoms with van der Waals surface area (Å²) in [6, 6.07) is 7.94. The minimum absolute atomic E-state index is 0.0859. The predicted molar refractivity (Wildman–Crippen MR) is 101 cm³/mol. The second kappa shape index (κ2) is 9.28. The lowest BCUT2D eigenvalue weighted by molar-refractivity contribution is -0.136. The molecule has 0 bridgehead atoms. The number of hydrogen-bond donors (Lipinski definition) is 0. The summed E-state index contributed by atoms with van der Waals surface area (Å²) >= 11 is 0. The van der Waals surface area contributed by atoms with Crippen molar-refractivity contribution < 1.29 is 23.5 Å². The van der Waals surface area contributed by atoms with E-state index in [0.29, 0.717) is 12.2 Å². The lowest BCUT2D eigenvalue weighted by atomic mass is 10.1. The van der Waals surface area contributed by atoms with Crippen LogP contribution in [0.5, 0.6) is 0 Å². The number of benzene rings is 1. The van der Waals surface area contributed by atoms with E-state index in [1.807, 2.05) is 25.3 Å². The Kier molecular flexibility index (Phi) is 7.07. The molecular formula is C21H24FNO4. The van der Waals surface area contributed by atoms with Gasteiger partial charge in [-0.15, -0.1) is 0 Å². The number of esters is 1. The molecule has 0 spiro atoms. The molecule has 0 aliphatic carbocycles. The van der Waals surface area contributed by atoms with Gasteiger partial charge in [-0.2, -0.15) is 0 Å². The molecule has 0 aliphatic rings. The van der Waals surface area contributed by atoms with Gasteiger partial charge in [-0.25, -0.2) is 9.18 Å². The third-order valence-electron chi connectivity index (χ3n) is 4.28. The first-order valence-corrected chi connectivity index (χ1v) is 8.65. The van der Waals surface area contributed by atoms with Crippen LogP contribution in [0.4, 0.5) is 4.39 Å². The van der Waals surface area contributed by atoms with Gasteiger partial charge in [-0.05, 0) is 39.0 Å². The maximum absolute atomic E-state index is 13.5. The van der Waals surface area contributed by atoms with Crippen LogP contribution in [-0.2, 0) is 14.3 Å². The zero-order valence-corrected chi connectivity index (χ0v) is 16.0. The van der Waals surface area contributed by atoms with Gasteiger partial charge in [0.1, 0.15) is 5.82 Å². The summed E-state index contributed by atoms with van der Waals surface area (Å²) in [7, 11) is 1.63. The van der Waals surface area contributed by atoms with Crippen LogP contribution in [0.1, 0.15) is 40.3 Å². The Morgan fingerprint density at radius 3 is 2.63 bits per heavy atom. The van der Waals surface area contributed by atoms with Crippen LogP contribution < -0.4 is 0 Å². The van der Waals surface area contributed by atoms with Crippen molar-refractivity contribution in [2.75, 3.05) is 20.3 Å². The molecule has 2 aromatic rings. The molecule has 6 heteroatoms. The van der Waals surface area contributed by atoms with Crippen molar-refractivity contribution in [3.05, 3.63) is 64.7 Å². The summed E-state index contributed by atoms with van der Waals surface area (Å²) in [5.74, 6) is -1.42. The molecule has 0 fully saturated rings. The largest absolute Gasteiger partial charge is 0.454 e. The molecule has 0 saturated heterocycles. The van der Waals surface area contributed by atoms with E-state index >= 15 is 0 Å². The van der Waals surface area contributed by atoms with Crippen LogP contribution in [-0.4, -0.2) is 36.6 Å². The molecule has 1 heterocycles. The van der Waals surface area contributed by atoms with E-state index in [1.54, 1.807) is 31.4 Å². The molecule has 0 saturated carbocycles. The average Bonchev–Trinajstić information content (AvgIpc) is 2.93. The Balaban J connectivity index is 2.00. The Bertz CT molecular complexity index is 854. The molecule has 1 aromatic heterocycles. The zero-order valence-electron chi connectivity index (χ0n) is 16.0. The van der Waals surface area contributed by atoms with Crippen LogP contribution in [0.3, 0.4) is 0 Å². The quantitative estimate of drug-likeness (QED) is 0.400. The second-order valence-corrected chi connectivity index (χ2v) is 6.34. The number of ketones is 1. The number of carbonyl (C=O) groups excluding carboxylic acids is 2. The molecule has 0 amide bonds. The van der Waals surface area contributed by atoms with Crippen molar-refractivity contribution in [3.63, 3.8) is 0 Å². The fourth-order valence-electron chi connectivity index (χ4n) is 3.08. The van der Waals surface area contributed by atoms with Gasteiger partial charge in [0.15, 0.2) is 6.61 Å². The number of carbonyl (C=O) groups is 2. The average molecular weight is 373 g/mol. The van der Waals surface area contributed by atoms with Gasteiger partial charge in [0.25, 0.3) is 0 Å². The summed E-state index contributed by atoms with van der Waals surface area (Å²) < 4.78 is 25.7. The fraction of sp³-hybridized carbons (Fsp3) is 0.333. The van der Waals surface area contributed by atoms with E-state index in [0.717, 1.165) is 17.5 Å². The number of nitrogens with zero attached hydrogens (tertiary/aromatic N) is 1.